The number of aromatic nitrogens is 2. The van der Waals surface area contributed by atoms with Crippen LogP contribution in [0.4, 0.5) is 19.2 Å². The molecule has 0 spiro atoms. The van der Waals surface area contributed by atoms with Gasteiger partial charge in [-0.3, -0.25) is 10.1 Å². The first-order valence-corrected chi connectivity index (χ1v) is 8.08. The molecular weight excluding hydrogens is 402 g/mol. The summed E-state index contributed by atoms with van der Waals surface area (Å²) in [5.74, 6) is -0.644. The number of hydrogen-bond donors (Lipinski definition) is 1. The van der Waals surface area contributed by atoms with E-state index in [-0.39, 0.29) is 17.5 Å². The zero-order chi connectivity index (χ0) is 18.2. The number of amides is 1. The summed E-state index contributed by atoms with van der Waals surface area (Å²) in [6.45, 7) is 0. The summed E-state index contributed by atoms with van der Waals surface area (Å²) in [5.41, 5.74) is -0.434. The van der Waals surface area contributed by atoms with Crippen molar-refractivity contribution in [1.29, 1.82) is 0 Å². The van der Waals surface area contributed by atoms with E-state index >= 15 is 0 Å². The number of nitrogens with zero attached hydrogens (tertiary/aromatic N) is 2. The zero-order valence-electron chi connectivity index (χ0n) is 11.9. The Bertz CT molecular complexity index is 922. The second-order valence-corrected chi connectivity index (χ2v) is 6.97. The number of hydrogen-bond acceptors (Lipinski definition) is 5. The predicted octanol–water partition coefficient (Wildman–Crippen LogP) is 5.38. The first kappa shape index (κ1) is 17.7. The van der Waals surface area contributed by atoms with E-state index in [0.29, 0.717) is 14.2 Å². The van der Waals surface area contributed by atoms with Crippen molar-refractivity contribution in [2.75, 3.05) is 5.32 Å². The Hall–Kier alpha value is -2.10. The number of anilines is 1. The first-order chi connectivity index (χ1) is 11.7. The van der Waals surface area contributed by atoms with Crippen LogP contribution in [-0.2, 0) is 6.18 Å². The minimum absolute atomic E-state index is 0.00404. The number of nitrogens with one attached hydrogen (secondary N) is 1. The fraction of sp³-hybridized carbons (Fsp3) is 0.0714. The molecule has 1 N–H and O–H groups in total. The number of alkyl halides is 3. The van der Waals surface area contributed by atoms with Gasteiger partial charge >= 0.3 is 12.2 Å². The number of benzene rings is 1. The molecule has 0 bridgehead atoms. The van der Waals surface area contributed by atoms with Crippen LogP contribution in [0.15, 0.2) is 34.7 Å². The molecule has 1 amide bonds. The average Bonchev–Trinajstić information content (AvgIpc) is 3.12. The molecule has 25 heavy (non-hydrogen) atoms. The number of halogens is 5. The standard InChI is InChI=1S/C14H6Cl2F3N3O2S/c15-9-5-8(10(16)25-9)12-21-22-13(24-12)20-11(23)6-1-3-7(4-2-6)14(17,18)19/h1-5H,(H,20,22,23). The second kappa shape index (κ2) is 6.66. The molecule has 0 unspecified atom stereocenters. The van der Waals surface area contributed by atoms with Gasteiger partial charge in [-0.2, -0.15) is 13.2 Å². The fourth-order valence-electron chi connectivity index (χ4n) is 1.85. The lowest BCUT2D eigenvalue weighted by Gasteiger charge is -2.07. The molecule has 11 heteroatoms. The maximum absolute atomic E-state index is 12.5. The van der Waals surface area contributed by atoms with Gasteiger partial charge in [0, 0.05) is 5.56 Å². The van der Waals surface area contributed by atoms with Crippen LogP contribution in [0.1, 0.15) is 15.9 Å². The molecule has 2 heterocycles. The van der Waals surface area contributed by atoms with Crippen LogP contribution in [0.2, 0.25) is 8.67 Å². The molecule has 0 aliphatic carbocycles. The minimum Gasteiger partial charge on any atom is -0.403 e. The summed E-state index contributed by atoms with van der Waals surface area (Å²) >= 11 is 12.9. The van der Waals surface area contributed by atoms with Crippen LogP contribution in [0.5, 0.6) is 0 Å². The molecule has 2 aromatic heterocycles. The van der Waals surface area contributed by atoms with E-state index in [1.54, 1.807) is 0 Å². The molecule has 5 nitrogen and oxygen atoms in total. The van der Waals surface area contributed by atoms with E-state index in [4.69, 9.17) is 27.6 Å². The van der Waals surface area contributed by atoms with Crippen molar-refractivity contribution in [2.45, 2.75) is 6.18 Å². The molecule has 0 fully saturated rings. The monoisotopic (exact) mass is 407 g/mol. The molecule has 0 aliphatic heterocycles. The molecule has 1 aromatic carbocycles. The third-order valence-corrected chi connectivity index (χ3v) is 4.49. The summed E-state index contributed by atoms with van der Waals surface area (Å²) in [6.07, 6.45) is -4.47. The summed E-state index contributed by atoms with van der Waals surface area (Å²) in [7, 11) is 0. The van der Waals surface area contributed by atoms with Crippen molar-refractivity contribution in [3.8, 4) is 11.5 Å². The highest BCUT2D eigenvalue weighted by Gasteiger charge is 2.30. The van der Waals surface area contributed by atoms with E-state index in [2.05, 4.69) is 15.5 Å². The lowest BCUT2D eigenvalue weighted by molar-refractivity contribution is -0.137. The topological polar surface area (TPSA) is 68.0 Å². The van der Waals surface area contributed by atoms with Gasteiger partial charge in [-0.1, -0.05) is 28.3 Å². The third kappa shape index (κ3) is 3.94. The van der Waals surface area contributed by atoms with Crippen molar-refractivity contribution in [1.82, 2.24) is 10.2 Å². The SMILES string of the molecule is O=C(Nc1nnc(-c2cc(Cl)sc2Cl)o1)c1ccc(C(F)(F)F)cc1. The van der Waals surface area contributed by atoms with Crippen LogP contribution >= 0.6 is 34.5 Å². The first-order valence-electron chi connectivity index (χ1n) is 6.51. The number of thiophene rings is 1. The smallest absolute Gasteiger partial charge is 0.403 e. The van der Waals surface area contributed by atoms with Crippen LogP contribution in [0.3, 0.4) is 0 Å². The molecule has 0 saturated heterocycles. The molecule has 0 atom stereocenters. The van der Waals surface area contributed by atoms with Gasteiger partial charge in [0.25, 0.3) is 11.8 Å². The number of rotatable bonds is 3. The van der Waals surface area contributed by atoms with Gasteiger partial charge in [0.1, 0.15) is 4.34 Å². The minimum atomic E-state index is -4.47. The van der Waals surface area contributed by atoms with Crippen molar-refractivity contribution in [3.63, 3.8) is 0 Å². The highest BCUT2D eigenvalue weighted by molar-refractivity contribution is 7.20. The molecule has 130 valence electrons. The highest BCUT2D eigenvalue weighted by Crippen LogP contribution is 2.37. The van der Waals surface area contributed by atoms with Crippen LogP contribution in [0, 0.1) is 0 Å². The Morgan fingerprint density at radius 1 is 1.16 bits per heavy atom. The molecule has 3 aromatic rings. The van der Waals surface area contributed by atoms with E-state index in [0.717, 1.165) is 35.6 Å². The maximum atomic E-state index is 12.5. The normalized spacial score (nSPS) is 11.6. The van der Waals surface area contributed by atoms with Gasteiger partial charge in [0.05, 0.1) is 15.5 Å². The Morgan fingerprint density at radius 2 is 1.84 bits per heavy atom. The van der Waals surface area contributed by atoms with Crippen molar-refractivity contribution in [2.24, 2.45) is 0 Å². The van der Waals surface area contributed by atoms with Crippen molar-refractivity contribution >= 4 is 46.5 Å². The van der Waals surface area contributed by atoms with E-state index in [1.807, 2.05) is 0 Å². The summed E-state index contributed by atoms with van der Waals surface area (Å²) in [6, 6.07) is 5.01. The zero-order valence-corrected chi connectivity index (χ0v) is 14.2. The summed E-state index contributed by atoms with van der Waals surface area (Å²) < 4.78 is 43.6. The predicted molar refractivity (Wildman–Crippen MR) is 87.0 cm³/mol. The van der Waals surface area contributed by atoms with Gasteiger partial charge in [-0.25, -0.2) is 0 Å². The lowest BCUT2D eigenvalue weighted by atomic mass is 10.1. The van der Waals surface area contributed by atoms with Gasteiger partial charge in [-0.15, -0.1) is 16.4 Å². The third-order valence-electron chi connectivity index (χ3n) is 3.01. The van der Waals surface area contributed by atoms with Crippen LogP contribution in [-0.4, -0.2) is 16.1 Å². The largest absolute Gasteiger partial charge is 0.416 e. The van der Waals surface area contributed by atoms with Gasteiger partial charge < -0.3 is 4.42 Å². The average molecular weight is 408 g/mol. The van der Waals surface area contributed by atoms with E-state index in [1.165, 1.54) is 6.07 Å². The van der Waals surface area contributed by atoms with Gasteiger partial charge in [-0.05, 0) is 30.3 Å². The number of carbonyl (C=O) groups excluding carboxylic acids is 1. The second-order valence-electron chi connectivity index (χ2n) is 4.68. The van der Waals surface area contributed by atoms with Gasteiger partial charge in [0.15, 0.2) is 0 Å². The Labute approximate surface area is 152 Å². The lowest BCUT2D eigenvalue weighted by Crippen LogP contribution is -2.13. The molecule has 0 saturated carbocycles. The molecular formula is C14H6Cl2F3N3O2S. The van der Waals surface area contributed by atoms with E-state index in [9.17, 15) is 18.0 Å². The fourth-order valence-corrected chi connectivity index (χ4v) is 3.30. The quantitative estimate of drug-likeness (QED) is 0.632. The molecule has 0 aliphatic rings. The Kier molecular flexibility index (Phi) is 4.72. The summed E-state index contributed by atoms with van der Waals surface area (Å²) in [5, 5.41) is 9.68. The van der Waals surface area contributed by atoms with Gasteiger partial charge in [0.2, 0.25) is 0 Å². The van der Waals surface area contributed by atoms with E-state index < -0.39 is 17.6 Å². The molecule has 0 radical (unpaired) electrons. The maximum Gasteiger partial charge on any atom is 0.416 e. The Balaban J connectivity index is 1.74. The Morgan fingerprint density at radius 3 is 2.40 bits per heavy atom. The van der Waals surface area contributed by atoms with Crippen LogP contribution < -0.4 is 5.32 Å². The van der Waals surface area contributed by atoms with Crippen LogP contribution in [0.25, 0.3) is 11.5 Å². The number of carbonyl (C=O) groups is 1. The summed E-state index contributed by atoms with van der Waals surface area (Å²) in [4.78, 5) is 12.0. The van der Waals surface area contributed by atoms with Crippen molar-refractivity contribution in [3.05, 3.63) is 50.1 Å². The van der Waals surface area contributed by atoms with Crippen molar-refractivity contribution < 1.29 is 22.4 Å². The molecule has 3 rings (SSSR count). The highest BCUT2D eigenvalue weighted by atomic mass is 35.5.